The molecule has 504 valence electrons. The number of hydrogen-bond donors (Lipinski definition) is 9. The zero-order valence-electron chi connectivity index (χ0n) is 54.8. The van der Waals surface area contributed by atoms with Crippen molar-refractivity contribution < 1.29 is 64.6 Å². The monoisotopic (exact) mass is 1220 g/mol. The maximum atomic E-state index is 13.3. The number of ether oxygens (including phenoxy) is 4. The predicted molar refractivity (Wildman–Crippen MR) is 351 cm³/mol. The second kappa shape index (κ2) is 56.9. The number of aliphatic hydroxyl groups is 8. The first-order valence-electron chi connectivity index (χ1n) is 35.9. The maximum Gasteiger partial charge on any atom is 0.220 e. The van der Waals surface area contributed by atoms with E-state index in [4.69, 9.17) is 18.9 Å². The largest absolute Gasteiger partial charge is 0.394 e. The van der Waals surface area contributed by atoms with Crippen LogP contribution in [0.15, 0.2) is 48.6 Å². The smallest absolute Gasteiger partial charge is 0.220 e. The van der Waals surface area contributed by atoms with Crippen LogP contribution < -0.4 is 5.32 Å². The summed E-state index contributed by atoms with van der Waals surface area (Å²) in [5.41, 5.74) is 0. The number of rotatable bonds is 59. The summed E-state index contributed by atoms with van der Waals surface area (Å²) < 4.78 is 22.8. The van der Waals surface area contributed by atoms with Gasteiger partial charge in [-0.1, -0.05) is 287 Å². The SMILES string of the molecule is CCCCCCC/C=C\C/C=C\CCCCCCCCCCCCCCCCCCCCCCCCCCCCCC(=O)NC(COC1OC(CO)C(OC2OC(CO)C(O)C(O)C2O)C(O)C1O)C(O)/C=C/CC/C=C/CCCCCCCCC. The van der Waals surface area contributed by atoms with Gasteiger partial charge in [-0.3, -0.25) is 4.79 Å². The molecule has 12 unspecified atom stereocenters. The highest BCUT2D eigenvalue weighted by Crippen LogP contribution is 2.30. The molecule has 2 aliphatic rings. The van der Waals surface area contributed by atoms with Crippen molar-refractivity contribution in [1.82, 2.24) is 5.32 Å². The molecule has 0 aromatic heterocycles. The second-order valence-electron chi connectivity index (χ2n) is 25.4. The van der Waals surface area contributed by atoms with E-state index in [0.29, 0.717) is 12.8 Å². The second-order valence-corrected chi connectivity index (χ2v) is 25.4. The van der Waals surface area contributed by atoms with Crippen molar-refractivity contribution >= 4 is 5.91 Å². The lowest BCUT2D eigenvalue weighted by atomic mass is 9.97. The fourth-order valence-corrected chi connectivity index (χ4v) is 11.8. The standard InChI is InChI=1S/C72H133NO13/c1-3-5-7-9-11-13-15-17-18-19-20-21-22-23-24-25-26-27-28-29-30-31-32-33-34-35-36-37-38-39-40-41-42-44-46-48-50-52-54-56-64(77)73-60(61(76)55-53-51-49-47-45-43-16-14-12-10-8-6-4-2)59-83-71-69(82)67(80)70(63(58-75)85-71)86-72-68(81)66(79)65(78)62(57-74)84-72/h15,17,19-20,45,47,53,55,60-63,65-72,74-76,78-82H,3-14,16,18,21-44,46,48-52,54,56-59H2,1-2H3,(H,73,77)/b17-15-,20-19-,47-45+,55-53+. The molecule has 2 saturated heterocycles. The van der Waals surface area contributed by atoms with Gasteiger partial charge in [0.2, 0.25) is 5.91 Å². The van der Waals surface area contributed by atoms with Gasteiger partial charge in [-0.25, -0.2) is 0 Å². The Balaban J connectivity index is 1.55. The first-order chi connectivity index (χ1) is 42.1. The molecule has 2 aliphatic heterocycles. The molecule has 14 nitrogen and oxygen atoms in total. The fourth-order valence-electron chi connectivity index (χ4n) is 11.8. The van der Waals surface area contributed by atoms with Gasteiger partial charge in [-0.2, -0.15) is 0 Å². The summed E-state index contributed by atoms with van der Waals surface area (Å²) in [7, 11) is 0. The van der Waals surface area contributed by atoms with Gasteiger partial charge in [0.05, 0.1) is 32.0 Å². The molecule has 9 N–H and O–H groups in total. The Morgan fingerprint density at radius 2 is 0.779 bits per heavy atom. The third-order valence-corrected chi connectivity index (χ3v) is 17.5. The molecule has 0 aliphatic carbocycles. The van der Waals surface area contributed by atoms with Crippen LogP contribution in [0.5, 0.6) is 0 Å². The Labute approximate surface area is 524 Å². The predicted octanol–water partition coefficient (Wildman–Crippen LogP) is 14.7. The number of carbonyl (C=O) groups is 1. The molecular weight excluding hydrogens is 1090 g/mol. The lowest BCUT2D eigenvalue weighted by Crippen LogP contribution is -2.65. The van der Waals surface area contributed by atoms with E-state index < -0.39 is 86.8 Å². The summed E-state index contributed by atoms with van der Waals surface area (Å²) in [6, 6.07) is -0.930. The van der Waals surface area contributed by atoms with E-state index in [-0.39, 0.29) is 18.9 Å². The van der Waals surface area contributed by atoms with E-state index in [1.54, 1.807) is 6.08 Å². The minimum absolute atomic E-state index is 0.245. The minimum Gasteiger partial charge on any atom is -0.394 e. The Kier molecular flexibility index (Phi) is 53.0. The van der Waals surface area contributed by atoms with Gasteiger partial charge < -0.3 is 65.1 Å². The van der Waals surface area contributed by atoms with E-state index in [1.165, 1.54) is 238 Å². The topological polar surface area (TPSA) is 228 Å². The van der Waals surface area contributed by atoms with Crippen LogP contribution >= 0.6 is 0 Å². The van der Waals surface area contributed by atoms with E-state index in [0.717, 1.165) is 38.5 Å². The summed E-state index contributed by atoms with van der Waals surface area (Å²) >= 11 is 0. The number of aliphatic hydroxyl groups excluding tert-OH is 8. The molecule has 2 rings (SSSR count). The average molecular weight is 1220 g/mol. The molecule has 12 atom stereocenters. The van der Waals surface area contributed by atoms with E-state index in [9.17, 15) is 45.6 Å². The Morgan fingerprint density at radius 1 is 0.419 bits per heavy atom. The molecule has 0 saturated carbocycles. The van der Waals surface area contributed by atoms with Crippen LogP contribution in [0.2, 0.25) is 0 Å². The van der Waals surface area contributed by atoms with E-state index in [2.05, 4.69) is 55.6 Å². The van der Waals surface area contributed by atoms with Crippen molar-refractivity contribution in [3.8, 4) is 0 Å². The molecule has 0 aromatic carbocycles. The Morgan fingerprint density at radius 3 is 1.21 bits per heavy atom. The van der Waals surface area contributed by atoms with E-state index in [1.807, 2.05) is 6.08 Å². The van der Waals surface area contributed by atoms with Crippen LogP contribution in [-0.4, -0.2) is 140 Å². The Bertz CT molecular complexity index is 1630. The number of nitrogens with one attached hydrogen (secondary N) is 1. The van der Waals surface area contributed by atoms with Gasteiger partial charge in [-0.15, -0.1) is 0 Å². The number of hydrogen-bond acceptors (Lipinski definition) is 13. The van der Waals surface area contributed by atoms with E-state index >= 15 is 0 Å². The molecular formula is C72H133NO13. The van der Waals surface area contributed by atoms with Crippen molar-refractivity contribution in [2.45, 2.75) is 383 Å². The molecule has 0 spiro atoms. The molecule has 1 amide bonds. The summed E-state index contributed by atoms with van der Waals surface area (Å²) in [6.07, 6.45) is 57.8. The molecule has 0 radical (unpaired) electrons. The van der Waals surface area contributed by atoms with Crippen LogP contribution in [0.3, 0.4) is 0 Å². The van der Waals surface area contributed by atoms with Crippen molar-refractivity contribution in [3.05, 3.63) is 48.6 Å². The van der Waals surface area contributed by atoms with Gasteiger partial charge in [0.25, 0.3) is 0 Å². The van der Waals surface area contributed by atoms with Crippen molar-refractivity contribution in [3.63, 3.8) is 0 Å². The first kappa shape index (κ1) is 80.0. The lowest BCUT2D eigenvalue weighted by Gasteiger charge is -2.46. The summed E-state index contributed by atoms with van der Waals surface area (Å²) in [5.74, 6) is -0.245. The van der Waals surface area contributed by atoms with Crippen molar-refractivity contribution in [2.75, 3.05) is 19.8 Å². The number of allylic oxidation sites excluding steroid dienone is 7. The van der Waals surface area contributed by atoms with Crippen LogP contribution in [0, 0.1) is 0 Å². The molecule has 14 heteroatoms. The Hall–Kier alpha value is -2.05. The quantitative estimate of drug-likeness (QED) is 0.0204. The fraction of sp³-hybridized carbons (Fsp3) is 0.875. The molecule has 0 bridgehead atoms. The summed E-state index contributed by atoms with van der Waals surface area (Å²) in [6.45, 7) is 2.78. The minimum atomic E-state index is -1.79. The zero-order valence-corrected chi connectivity index (χ0v) is 54.8. The van der Waals surface area contributed by atoms with Crippen LogP contribution in [0.1, 0.15) is 309 Å². The number of unbranched alkanes of at least 4 members (excludes halogenated alkanes) is 40. The van der Waals surface area contributed by atoms with Crippen LogP contribution in [0.4, 0.5) is 0 Å². The van der Waals surface area contributed by atoms with Crippen molar-refractivity contribution in [1.29, 1.82) is 0 Å². The number of amides is 1. The normalized spacial score (nSPS) is 23.7. The third kappa shape index (κ3) is 40.6. The highest BCUT2D eigenvalue weighted by molar-refractivity contribution is 5.76. The highest BCUT2D eigenvalue weighted by atomic mass is 16.7. The lowest BCUT2D eigenvalue weighted by molar-refractivity contribution is -0.359. The number of carbonyl (C=O) groups excluding carboxylic acids is 1. The molecule has 86 heavy (non-hydrogen) atoms. The van der Waals surface area contributed by atoms with Crippen LogP contribution in [0.25, 0.3) is 0 Å². The van der Waals surface area contributed by atoms with Crippen molar-refractivity contribution in [2.24, 2.45) is 0 Å². The molecule has 2 fully saturated rings. The van der Waals surface area contributed by atoms with Gasteiger partial charge in [0, 0.05) is 6.42 Å². The van der Waals surface area contributed by atoms with Gasteiger partial charge in [0.15, 0.2) is 12.6 Å². The highest BCUT2D eigenvalue weighted by Gasteiger charge is 2.51. The molecule has 2 heterocycles. The zero-order chi connectivity index (χ0) is 62.3. The van der Waals surface area contributed by atoms with Gasteiger partial charge >= 0.3 is 0 Å². The van der Waals surface area contributed by atoms with Gasteiger partial charge in [0.1, 0.15) is 48.8 Å². The first-order valence-corrected chi connectivity index (χ1v) is 35.9. The van der Waals surface area contributed by atoms with Crippen LogP contribution in [-0.2, 0) is 23.7 Å². The summed E-state index contributed by atoms with van der Waals surface area (Å²) in [4.78, 5) is 13.3. The van der Waals surface area contributed by atoms with Gasteiger partial charge in [-0.05, 0) is 64.2 Å². The molecule has 0 aromatic rings. The average Bonchev–Trinajstić information content (AvgIpc) is 2.76. The summed E-state index contributed by atoms with van der Waals surface area (Å²) in [5, 5.41) is 87.2. The third-order valence-electron chi connectivity index (χ3n) is 17.5. The maximum absolute atomic E-state index is 13.3.